The number of carboxylic acid groups (broad SMARTS) is 1. The molecule has 2 amide bonds. The lowest BCUT2D eigenvalue weighted by Gasteiger charge is -2.32. The molecule has 134 valence electrons. The van der Waals surface area contributed by atoms with E-state index in [4.69, 9.17) is 4.74 Å². The lowest BCUT2D eigenvalue weighted by molar-refractivity contribution is -0.148. The van der Waals surface area contributed by atoms with Crippen molar-refractivity contribution in [1.29, 1.82) is 0 Å². The number of hydrogen-bond acceptors (Lipinski definition) is 4. The third kappa shape index (κ3) is 3.60. The SMILES string of the molecule is O=C(CN1C(=O)COc2ccccc21)NC1(C(=O)O)CCCCCC1. The highest BCUT2D eigenvalue weighted by molar-refractivity contribution is 6.02. The van der Waals surface area contributed by atoms with Gasteiger partial charge in [0.05, 0.1) is 5.69 Å². The zero-order valence-corrected chi connectivity index (χ0v) is 14.0. The van der Waals surface area contributed by atoms with Gasteiger partial charge in [-0.05, 0) is 25.0 Å². The molecule has 2 N–H and O–H groups in total. The molecule has 0 saturated heterocycles. The first-order chi connectivity index (χ1) is 12.0. The average Bonchev–Trinajstić information content (AvgIpc) is 2.84. The Hall–Kier alpha value is -2.57. The Bertz CT molecular complexity index is 680. The number of aliphatic carboxylic acids is 1. The predicted molar refractivity (Wildman–Crippen MR) is 90.5 cm³/mol. The van der Waals surface area contributed by atoms with Crippen molar-refractivity contribution in [2.75, 3.05) is 18.1 Å². The van der Waals surface area contributed by atoms with Crippen molar-refractivity contribution >= 4 is 23.5 Å². The third-order valence-electron chi connectivity index (χ3n) is 4.86. The highest BCUT2D eigenvalue weighted by atomic mass is 16.5. The van der Waals surface area contributed by atoms with Crippen LogP contribution in [0.3, 0.4) is 0 Å². The van der Waals surface area contributed by atoms with Crippen LogP contribution in [-0.4, -0.2) is 41.6 Å². The van der Waals surface area contributed by atoms with E-state index in [1.165, 1.54) is 4.90 Å². The minimum absolute atomic E-state index is 0.131. The van der Waals surface area contributed by atoms with Crippen LogP contribution in [0.4, 0.5) is 5.69 Å². The average molecular weight is 346 g/mol. The van der Waals surface area contributed by atoms with Gasteiger partial charge in [0, 0.05) is 0 Å². The molecule has 3 rings (SSSR count). The van der Waals surface area contributed by atoms with Crippen molar-refractivity contribution in [1.82, 2.24) is 5.32 Å². The molecular formula is C18H22N2O5. The molecule has 1 fully saturated rings. The van der Waals surface area contributed by atoms with Gasteiger partial charge in [-0.15, -0.1) is 0 Å². The van der Waals surface area contributed by atoms with Crippen LogP contribution in [0.1, 0.15) is 38.5 Å². The van der Waals surface area contributed by atoms with E-state index < -0.39 is 17.4 Å². The van der Waals surface area contributed by atoms with Gasteiger partial charge in [0.2, 0.25) is 5.91 Å². The largest absolute Gasteiger partial charge is 0.482 e. The first kappa shape index (κ1) is 17.3. The minimum Gasteiger partial charge on any atom is -0.482 e. The predicted octanol–water partition coefficient (Wildman–Crippen LogP) is 1.71. The molecule has 0 spiro atoms. The molecule has 0 bridgehead atoms. The first-order valence-corrected chi connectivity index (χ1v) is 8.58. The molecule has 0 radical (unpaired) electrons. The number of para-hydroxylation sites is 2. The third-order valence-corrected chi connectivity index (χ3v) is 4.86. The van der Waals surface area contributed by atoms with Crippen molar-refractivity contribution in [3.8, 4) is 5.75 Å². The fourth-order valence-electron chi connectivity index (χ4n) is 3.50. The van der Waals surface area contributed by atoms with Gasteiger partial charge in [0.25, 0.3) is 5.91 Å². The summed E-state index contributed by atoms with van der Waals surface area (Å²) < 4.78 is 5.36. The van der Waals surface area contributed by atoms with Crippen LogP contribution in [0.25, 0.3) is 0 Å². The van der Waals surface area contributed by atoms with Crippen LogP contribution < -0.4 is 15.0 Å². The van der Waals surface area contributed by atoms with Gasteiger partial charge >= 0.3 is 5.97 Å². The normalized spacial score (nSPS) is 19.4. The van der Waals surface area contributed by atoms with E-state index in [2.05, 4.69) is 5.32 Å². The molecular weight excluding hydrogens is 324 g/mol. The molecule has 2 aliphatic rings. The summed E-state index contributed by atoms with van der Waals surface area (Å²) in [6, 6.07) is 6.99. The smallest absolute Gasteiger partial charge is 0.329 e. The number of nitrogens with zero attached hydrogens (tertiary/aromatic N) is 1. The first-order valence-electron chi connectivity index (χ1n) is 8.58. The Morgan fingerprint density at radius 1 is 1.16 bits per heavy atom. The number of fused-ring (bicyclic) bond motifs is 1. The summed E-state index contributed by atoms with van der Waals surface area (Å²) in [6.07, 6.45) is 4.32. The molecule has 0 unspecified atom stereocenters. The second-order valence-corrected chi connectivity index (χ2v) is 6.59. The fraction of sp³-hybridized carbons (Fsp3) is 0.500. The van der Waals surface area contributed by atoms with Gasteiger partial charge in [-0.25, -0.2) is 4.79 Å². The summed E-state index contributed by atoms with van der Waals surface area (Å²) in [5, 5.41) is 12.4. The Morgan fingerprint density at radius 2 is 1.84 bits per heavy atom. The van der Waals surface area contributed by atoms with E-state index in [0.29, 0.717) is 24.3 Å². The van der Waals surface area contributed by atoms with Gasteiger partial charge < -0.3 is 15.2 Å². The van der Waals surface area contributed by atoms with Crippen LogP contribution in [-0.2, 0) is 14.4 Å². The molecule has 7 nitrogen and oxygen atoms in total. The molecule has 0 atom stereocenters. The van der Waals surface area contributed by atoms with Gasteiger partial charge in [-0.3, -0.25) is 14.5 Å². The molecule has 1 heterocycles. The van der Waals surface area contributed by atoms with E-state index >= 15 is 0 Å². The van der Waals surface area contributed by atoms with E-state index in [9.17, 15) is 19.5 Å². The second kappa shape index (κ2) is 7.13. The summed E-state index contributed by atoms with van der Waals surface area (Å²) >= 11 is 0. The summed E-state index contributed by atoms with van der Waals surface area (Å²) in [5.41, 5.74) is -0.707. The van der Waals surface area contributed by atoms with Crippen LogP contribution in [0, 0.1) is 0 Å². The van der Waals surface area contributed by atoms with Crippen LogP contribution in [0.2, 0.25) is 0 Å². The fourth-order valence-corrected chi connectivity index (χ4v) is 3.50. The molecule has 1 aromatic carbocycles. The van der Waals surface area contributed by atoms with Gasteiger partial charge in [-0.1, -0.05) is 37.8 Å². The number of hydrogen-bond donors (Lipinski definition) is 2. The van der Waals surface area contributed by atoms with Crippen LogP contribution in [0.5, 0.6) is 5.75 Å². The van der Waals surface area contributed by atoms with E-state index in [1.54, 1.807) is 24.3 Å². The van der Waals surface area contributed by atoms with Gasteiger partial charge in [-0.2, -0.15) is 0 Å². The molecule has 25 heavy (non-hydrogen) atoms. The van der Waals surface area contributed by atoms with Crippen molar-refractivity contribution in [3.05, 3.63) is 24.3 Å². The Balaban J connectivity index is 1.75. The van der Waals surface area contributed by atoms with E-state index in [0.717, 1.165) is 25.7 Å². The number of ether oxygens (including phenoxy) is 1. The molecule has 1 aromatic rings. The van der Waals surface area contributed by atoms with E-state index in [1.807, 2.05) is 0 Å². The second-order valence-electron chi connectivity index (χ2n) is 6.59. The summed E-state index contributed by atoms with van der Waals surface area (Å²) in [5.74, 6) is -1.25. The Labute approximate surface area is 146 Å². The number of carboxylic acids is 1. The number of carbonyl (C=O) groups excluding carboxylic acids is 2. The number of rotatable bonds is 4. The maximum absolute atomic E-state index is 12.5. The van der Waals surface area contributed by atoms with Crippen molar-refractivity contribution in [2.24, 2.45) is 0 Å². The topological polar surface area (TPSA) is 95.9 Å². The van der Waals surface area contributed by atoms with E-state index in [-0.39, 0.29) is 19.1 Å². The summed E-state index contributed by atoms with van der Waals surface area (Å²) in [7, 11) is 0. The van der Waals surface area contributed by atoms with Crippen molar-refractivity contribution in [2.45, 2.75) is 44.1 Å². The summed E-state index contributed by atoms with van der Waals surface area (Å²) in [4.78, 5) is 37.9. The Kier molecular flexibility index (Phi) is 4.92. The molecule has 0 aromatic heterocycles. The van der Waals surface area contributed by atoms with Crippen molar-refractivity contribution in [3.63, 3.8) is 0 Å². The highest BCUT2D eigenvalue weighted by Crippen LogP contribution is 2.32. The van der Waals surface area contributed by atoms with Gasteiger partial charge in [0.1, 0.15) is 17.8 Å². The maximum atomic E-state index is 12.5. The molecule has 1 saturated carbocycles. The zero-order chi connectivity index (χ0) is 17.9. The maximum Gasteiger partial charge on any atom is 0.329 e. The number of nitrogens with one attached hydrogen (secondary N) is 1. The van der Waals surface area contributed by atoms with Crippen molar-refractivity contribution < 1.29 is 24.2 Å². The number of carbonyl (C=O) groups is 3. The summed E-state index contributed by atoms with van der Waals surface area (Å²) in [6.45, 7) is -0.345. The number of benzene rings is 1. The highest BCUT2D eigenvalue weighted by Gasteiger charge is 2.40. The molecule has 1 aliphatic heterocycles. The quantitative estimate of drug-likeness (QED) is 0.809. The minimum atomic E-state index is -1.23. The monoisotopic (exact) mass is 346 g/mol. The van der Waals surface area contributed by atoms with Crippen LogP contribution in [0.15, 0.2) is 24.3 Å². The number of amides is 2. The Morgan fingerprint density at radius 3 is 2.52 bits per heavy atom. The van der Waals surface area contributed by atoms with Gasteiger partial charge in [0.15, 0.2) is 6.61 Å². The van der Waals surface area contributed by atoms with Crippen LogP contribution >= 0.6 is 0 Å². The standard InChI is InChI=1S/C18H22N2O5/c21-15(19-18(17(23)24)9-5-1-2-6-10-18)11-20-13-7-3-4-8-14(13)25-12-16(20)22/h3-4,7-8H,1-2,5-6,9-12H2,(H,19,21)(H,23,24). The lowest BCUT2D eigenvalue weighted by atomic mass is 9.90. The molecule has 7 heteroatoms. The zero-order valence-electron chi connectivity index (χ0n) is 14.0. The molecule has 1 aliphatic carbocycles. The lowest BCUT2D eigenvalue weighted by Crippen LogP contribution is -2.57. The number of anilines is 1.